The van der Waals surface area contributed by atoms with E-state index < -0.39 is 17.7 Å². The second-order valence-corrected chi connectivity index (χ2v) is 7.83. The SMILES string of the molecule is CCOC(=O)COc1ncccc1Oc1cc(NNC(=O)OC(C)(C)C)c(Cl)cc1Cl. The van der Waals surface area contributed by atoms with Crippen LogP contribution in [-0.4, -0.2) is 35.9 Å². The molecule has 0 aliphatic rings. The van der Waals surface area contributed by atoms with Crippen LogP contribution in [0.2, 0.25) is 10.0 Å². The van der Waals surface area contributed by atoms with Crippen molar-refractivity contribution in [3.8, 4) is 17.4 Å². The highest BCUT2D eigenvalue weighted by Crippen LogP contribution is 2.38. The minimum absolute atomic E-state index is 0.0722. The Hall–Kier alpha value is -2.91. The highest BCUT2D eigenvalue weighted by atomic mass is 35.5. The molecule has 1 amide bonds. The molecule has 11 heteroatoms. The van der Waals surface area contributed by atoms with E-state index in [2.05, 4.69) is 15.8 Å². The molecule has 0 bridgehead atoms. The molecule has 1 heterocycles. The first-order chi connectivity index (χ1) is 14.6. The molecule has 0 saturated heterocycles. The van der Waals surface area contributed by atoms with E-state index in [1.807, 2.05) is 0 Å². The van der Waals surface area contributed by atoms with Crippen molar-refractivity contribution in [2.75, 3.05) is 18.6 Å². The molecule has 2 rings (SSSR count). The summed E-state index contributed by atoms with van der Waals surface area (Å²) < 4.78 is 21.2. The number of nitrogens with zero attached hydrogens (tertiary/aromatic N) is 1. The van der Waals surface area contributed by atoms with E-state index in [0.717, 1.165) is 0 Å². The van der Waals surface area contributed by atoms with Crippen LogP contribution in [0, 0.1) is 0 Å². The number of esters is 1. The summed E-state index contributed by atoms with van der Waals surface area (Å²) in [6.45, 7) is 6.82. The van der Waals surface area contributed by atoms with Gasteiger partial charge in [0.15, 0.2) is 12.4 Å². The highest BCUT2D eigenvalue weighted by Gasteiger charge is 2.17. The number of hydrazine groups is 1. The van der Waals surface area contributed by atoms with E-state index in [1.165, 1.54) is 18.3 Å². The molecule has 0 aliphatic heterocycles. The smallest absolute Gasteiger partial charge is 0.426 e. The third-order valence-corrected chi connectivity index (χ3v) is 3.92. The average molecular weight is 472 g/mol. The van der Waals surface area contributed by atoms with Gasteiger partial charge in [0.25, 0.3) is 5.88 Å². The zero-order valence-corrected chi connectivity index (χ0v) is 19.0. The lowest BCUT2D eigenvalue weighted by molar-refractivity contribution is -0.145. The van der Waals surface area contributed by atoms with Crippen molar-refractivity contribution in [1.29, 1.82) is 0 Å². The molecule has 31 heavy (non-hydrogen) atoms. The zero-order valence-electron chi connectivity index (χ0n) is 17.5. The number of carbonyl (C=O) groups excluding carboxylic acids is 2. The van der Waals surface area contributed by atoms with Crippen molar-refractivity contribution >= 4 is 41.0 Å². The van der Waals surface area contributed by atoms with Crippen molar-refractivity contribution in [1.82, 2.24) is 10.4 Å². The molecule has 1 aromatic carbocycles. The molecule has 1 aromatic heterocycles. The molecule has 0 atom stereocenters. The van der Waals surface area contributed by atoms with E-state index in [-0.39, 0.29) is 40.6 Å². The summed E-state index contributed by atoms with van der Waals surface area (Å²) in [4.78, 5) is 27.4. The maximum atomic E-state index is 11.8. The van der Waals surface area contributed by atoms with E-state index >= 15 is 0 Å². The number of ether oxygens (including phenoxy) is 4. The van der Waals surface area contributed by atoms with E-state index in [9.17, 15) is 9.59 Å². The van der Waals surface area contributed by atoms with Gasteiger partial charge in [-0.15, -0.1) is 0 Å². The molecule has 0 radical (unpaired) electrons. The second kappa shape index (κ2) is 10.9. The number of hydrogen-bond acceptors (Lipinski definition) is 8. The van der Waals surface area contributed by atoms with Crippen molar-refractivity contribution in [2.24, 2.45) is 0 Å². The summed E-state index contributed by atoms with van der Waals surface area (Å²) in [5, 5.41) is 0.436. The molecule has 0 unspecified atom stereocenters. The fourth-order valence-electron chi connectivity index (χ4n) is 2.14. The Balaban J connectivity index is 2.14. The fraction of sp³-hybridized carbons (Fsp3) is 0.350. The molecule has 0 spiro atoms. The van der Waals surface area contributed by atoms with Gasteiger partial charge >= 0.3 is 12.1 Å². The Bertz CT molecular complexity index is 934. The Morgan fingerprint density at radius 3 is 2.55 bits per heavy atom. The van der Waals surface area contributed by atoms with Crippen LogP contribution in [0.1, 0.15) is 27.7 Å². The standard InChI is InChI=1S/C20H23Cl2N3O6/c1-5-28-17(26)11-29-18-15(7-6-8-23-18)30-16-10-14(12(21)9-13(16)22)24-25-19(27)31-20(2,3)4/h6-10,24H,5,11H2,1-4H3,(H,25,27). The number of anilines is 1. The van der Waals surface area contributed by atoms with Gasteiger partial charge in [-0.05, 0) is 45.9 Å². The molecular formula is C20H23Cl2N3O6. The van der Waals surface area contributed by atoms with Gasteiger partial charge in [-0.25, -0.2) is 20.0 Å². The number of pyridine rings is 1. The first-order valence-corrected chi connectivity index (χ1v) is 10.00. The number of benzene rings is 1. The maximum absolute atomic E-state index is 11.8. The van der Waals surface area contributed by atoms with Gasteiger partial charge in [-0.1, -0.05) is 23.2 Å². The first kappa shape index (κ1) is 24.4. The summed E-state index contributed by atoms with van der Waals surface area (Å²) in [5.41, 5.74) is 4.68. The van der Waals surface area contributed by atoms with Gasteiger partial charge in [0.05, 0.1) is 22.3 Å². The quantitative estimate of drug-likeness (QED) is 0.410. The van der Waals surface area contributed by atoms with Crippen molar-refractivity contribution in [2.45, 2.75) is 33.3 Å². The number of carbonyl (C=O) groups is 2. The predicted octanol–water partition coefficient (Wildman–Crippen LogP) is 4.97. The van der Waals surface area contributed by atoms with E-state index in [1.54, 1.807) is 39.8 Å². The van der Waals surface area contributed by atoms with E-state index in [0.29, 0.717) is 5.69 Å². The lowest BCUT2D eigenvalue weighted by Gasteiger charge is -2.20. The summed E-state index contributed by atoms with van der Waals surface area (Å²) in [5.74, 6) is -0.0538. The van der Waals surface area contributed by atoms with Crippen LogP contribution in [-0.2, 0) is 14.3 Å². The molecule has 0 saturated carbocycles. The number of aromatic nitrogens is 1. The monoisotopic (exact) mass is 471 g/mol. The Morgan fingerprint density at radius 2 is 1.87 bits per heavy atom. The van der Waals surface area contributed by atoms with Crippen molar-refractivity contribution < 1.29 is 28.5 Å². The fourth-order valence-corrected chi connectivity index (χ4v) is 2.60. The minimum Gasteiger partial charge on any atom is -0.463 e. The Kier molecular flexibility index (Phi) is 8.58. The second-order valence-electron chi connectivity index (χ2n) is 7.02. The van der Waals surface area contributed by atoms with Gasteiger partial charge in [0.2, 0.25) is 0 Å². The van der Waals surface area contributed by atoms with Crippen molar-refractivity contribution in [3.05, 3.63) is 40.5 Å². The van der Waals surface area contributed by atoms with Gasteiger partial charge < -0.3 is 18.9 Å². The summed E-state index contributed by atoms with van der Waals surface area (Å²) >= 11 is 12.4. The van der Waals surface area contributed by atoms with Crippen LogP contribution in [0.4, 0.5) is 10.5 Å². The van der Waals surface area contributed by atoms with Crippen LogP contribution in [0.15, 0.2) is 30.5 Å². The topological polar surface area (TPSA) is 108 Å². The number of halogens is 2. The molecule has 168 valence electrons. The first-order valence-electron chi connectivity index (χ1n) is 9.24. The van der Waals surface area contributed by atoms with Gasteiger partial charge in [-0.3, -0.25) is 5.43 Å². The van der Waals surface area contributed by atoms with Crippen LogP contribution in [0.25, 0.3) is 0 Å². The van der Waals surface area contributed by atoms with Crippen LogP contribution in [0.5, 0.6) is 17.4 Å². The van der Waals surface area contributed by atoms with Crippen molar-refractivity contribution in [3.63, 3.8) is 0 Å². The minimum atomic E-state index is -0.692. The number of nitrogens with one attached hydrogen (secondary N) is 2. The molecule has 9 nitrogen and oxygen atoms in total. The third-order valence-electron chi connectivity index (χ3n) is 3.31. The van der Waals surface area contributed by atoms with Gasteiger partial charge in [-0.2, -0.15) is 0 Å². The Morgan fingerprint density at radius 1 is 1.13 bits per heavy atom. The van der Waals surface area contributed by atoms with E-state index in [4.69, 9.17) is 42.1 Å². The largest absolute Gasteiger partial charge is 0.463 e. The lowest BCUT2D eigenvalue weighted by Crippen LogP contribution is -2.35. The average Bonchev–Trinajstić information content (AvgIpc) is 2.67. The summed E-state index contributed by atoms with van der Waals surface area (Å²) in [6.07, 6.45) is 0.789. The highest BCUT2D eigenvalue weighted by molar-refractivity contribution is 6.37. The predicted molar refractivity (Wildman–Crippen MR) is 116 cm³/mol. The Labute approximate surface area is 189 Å². The number of amides is 1. The zero-order chi connectivity index (χ0) is 23.0. The molecule has 0 fully saturated rings. The van der Waals surface area contributed by atoms with Crippen LogP contribution in [0.3, 0.4) is 0 Å². The van der Waals surface area contributed by atoms with Crippen LogP contribution >= 0.6 is 23.2 Å². The normalized spacial score (nSPS) is 10.8. The van der Waals surface area contributed by atoms with Gasteiger partial charge in [0.1, 0.15) is 11.4 Å². The maximum Gasteiger partial charge on any atom is 0.426 e. The number of rotatable bonds is 8. The summed E-state index contributed by atoms with van der Waals surface area (Å²) in [7, 11) is 0. The molecule has 0 aliphatic carbocycles. The van der Waals surface area contributed by atoms with Gasteiger partial charge in [0, 0.05) is 12.3 Å². The van der Waals surface area contributed by atoms with Crippen LogP contribution < -0.4 is 20.3 Å². The summed E-state index contributed by atoms with van der Waals surface area (Å²) in [6, 6.07) is 6.13. The third kappa shape index (κ3) is 8.03. The molecule has 2 N–H and O–H groups in total. The molecule has 2 aromatic rings. The number of hydrogen-bond donors (Lipinski definition) is 2. The lowest BCUT2D eigenvalue weighted by atomic mass is 10.2. The molecular weight excluding hydrogens is 449 g/mol.